The number of imidazole rings is 2. The predicted octanol–water partition coefficient (Wildman–Crippen LogP) is 1.76. The number of nitrogens with zero attached hydrogens (tertiary/aromatic N) is 3. The number of rotatable bonds is 1. The molecule has 3 rings (SSSR count). The summed E-state index contributed by atoms with van der Waals surface area (Å²) in [5.74, 6) is 0.567. The van der Waals surface area contributed by atoms with Gasteiger partial charge in [-0.3, -0.25) is 9.36 Å². The fourth-order valence-electron chi connectivity index (χ4n) is 1.78. The third-order valence-electron chi connectivity index (χ3n) is 2.61. The topological polar surface area (TPSA) is 63.6 Å². The van der Waals surface area contributed by atoms with Gasteiger partial charge in [0, 0.05) is 0 Å². The Bertz CT molecular complexity index is 695. The normalized spacial score (nSPS) is 10.9. The predicted molar refractivity (Wildman–Crippen MR) is 62.8 cm³/mol. The van der Waals surface area contributed by atoms with Crippen molar-refractivity contribution in [2.24, 2.45) is 0 Å². The molecule has 0 atom stereocenters. The highest BCUT2D eigenvalue weighted by Gasteiger charge is 2.13. The van der Waals surface area contributed by atoms with E-state index in [1.165, 1.54) is 17.1 Å². The number of benzene rings is 1. The van der Waals surface area contributed by atoms with E-state index in [0.717, 1.165) is 16.9 Å². The van der Waals surface area contributed by atoms with E-state index >= 15 is 0 Å². The first kappa shape index (κ1) is 9.77. The van der Waals surface area contributed by atoms with Crippen molar-refractivity contribution in [2.45, 2.75) is 6.92 Å². The van der Waals surface area contributed by atoms with Crippen molar-refractivity contribution in [2.75, 3.05) is 0 Å². The van der Waals surface area contributed by atoms with Gasteiger partial charge >= 0.3 is 0 Å². The van der Waals surface area contributed by atoms with Gasteiger partial charge in [0.15, 0.2) is 0 Å². The first-order valence-corrected chi connectivity index (χ1v) is 5.24. The van der Waals surface area contributed by atoms with E-state index in [-0.39, 0.29) is 5.91 Å². The summed E-state index contributed by atoms with van der Waals surface area (Å²) in [6.45, 7) is 1.81. The molecule has 0 amide bonds. The maximum Gasteiger partial charge on any atom is 0.281 e. The van der Waals surface area contributed by atoms with E-state index in [1.807, 2.05) is 31.2 Å². The Morgan fingerprint density at radius 1 is 1.29 bits per heavy atom. The summed E-state index contributed by atoms with van der Waals surface area (Å²) in [7, 11) is 0. The summed E-state index contributed by atoms with van der Waals surface area (Å²) in [6, 6.07) is 7.51. The van der Waals surface area contributed by atoms with Crippen molar-refractivity contribution in [3.05, 3.63) is 48.3 Å². The van der Waals surface area contributed by atoms with Crippen molar-refractivity contribution in [1.82, 2.24) is 19.5 Å². The Kier molecular flexibility index (Phi) is 2.04. The molecule has 2 aromatic heterocycles. The molecule has 0 unspecified atom stereocenters. The molecule has 5 heteroatoms. The Morgan fingerprint density at radius 3 is 2.88 bits per heavy atom. The second kappa shape index (κ2) is 3.55. The maximum atomic E-state index is 12.2. The number of hydrogen-bond acceptors (Lipinski definition) is 3. The van der Waals surface area contributed by atoms with Gasteiger partial charge in [0.25, 0.3) is 5.91 Å². The average molecular weight is 226 g/mol. The molecule has 0 aliphatic rings. The molecule has 1 N–H and O–H groups in total. The highest BCUT2D eigenvalue weighted by atomic mass is 16.2. The summed E-state index contributed by atoms with van der Waals surface area (Å²) >= 11 is 0. The summed E-state index contributed by atoms with van der Waals surface area (Å²) in [5.41, 5.74) is 2.06. The molecule has 0 saturated carbocycles. The third-order valence-corrected chi connectivity index (χ3v) is 2.61. The van der Waals surface area contributed by atoms with Crippen LogP contribution in [0, 0.1) is 6.92 Å². The number of hydrogen-bond donors (Lipinski definition) is 1. The first-order valence-electron chi connectivity index (χ1n) is 5.24. The van der Waals surface area contributed by atoms with Gasteiger partial charge in [0.2, 0.25) is 0 Å². The Hall–Kier alpha value is -2.43. The largest absolute Gasteiger partial charge is 0.338 e. The summed E-state index contributed by atoms with van der Waals surface area (Å²) in [6.07, 6.45) is 3.07. The molecule has 0 spiro atoms. The van der Waals surface area contributed by atoms with Crippen molar-refractivity contribution < 1.29 is 4.79 Å². The molecule has 2 heterocycles. The third kappa shape index (κ3) is 1.52. The van der Waals surface area contributed by atoms with Crippen molar-refractivity contribution in [3.8, 4) is 0 Å². The zero-order chi connectivity index (χ0) is 11.8. The summed E-state index contributed by atoms with van der Waals surface area (Å²) in [5, 5.41) is 0. The number of aromatic nitrogens is 4. The Morgan fingerprint density at radius 2 is 2.12 bits per heavy atom. The van der Waals surface area contributed by atoms with E-state index < -0.39 is 0 Å². The minimum absolute atomic E-state index is 0.153. The number of nitrogens with one attached hydrogen (secondary N) is 1. The molecule has 17 heavy (non-hydrogen) atoms. The van der Waals surface area contributed by atoms with Crippen LogP contribution >= 0.6 is 0 Å². The maximum absolute atomic E-state index is 12.2. The van der Waals surface area contributed by atoms with Gasteiger partial charge in [-0.25, -0.2) is 9.97 Å². The van der Waals surface area contributed by atoms with Crippen molar-refractivity contribution in [3.63, 3.8) is 0 Å². The van der Waals surface area contributed by atoms with Crippen LogP contribution in [0.1, 0.15) is 16.3 Å². The van der Waals surface area contributed by atoms with Crippen molar-refractivity contribution in [1.29, 1.82) is 0 Å². The number of aryl methyl sites for hydroxylation is 1. The zero-order valence-corrected chi connectivity index (χ0v) is 9.21. The molecule has 84 valence electrons. The van der Waals surface area contributed by atoms with Gasteiger partial charge in [0.05, 0.1) is 17.2 Å². The van der Waals surface area contributed by atoms with Crippen LogP contribution in [0.2, 0.25) is 0 Å². The lowest BCUT2D eigenvalue weighted by atomic mass is 10.3. The number of H-pyrrole nitrogens is 1. The number of carbonyl (C=O) groups excluding carboxylic acids is 1. The minimum atomic E-state index is -0.153. The Balaban J connectivity index is 2.13. The number of carbonyl (C=O) groups is 1. The molecule has 1 aromatic carbocycles. The lowest BCUT2D eigenvalue weighted by Crippen LogP contribution is -2.11. The average Bonchev–Trinajstić information content (AvgIpc) is 2.94. The standard InChI is InChI=1S/C12H10N4O/c1-8-13-6-10(15-8)12(17)16-7-14-9-4-2-3-5-11(9)16/h2-7H,1H3,(H,13,15). The summed E-state index contributed by atoms with van der Waals surface area (Å²) < 4.78 is 1.52. The molecule has 0 radical (unpaired) electrons. The van der Waals surface area contributed by atoms with Crippen LogP contribution in [-0.4, -0.2) is 25.4 Å². The van der Waals surface area contributed by atoms with E-state index in [0.29, 0.717) is 5.69 Å². The van der Waals surface area contributed by atoms with E-state index in [2.05, 4.69) is 15.0 Å². The molecule has 0 saturated heterocycles. The van der Waals surface area contributed by atoms with Gasteiger partial charge < -0.3 is 4.98 Å². The van der Waals surface area contributed by atoms with Crippen LogP contribution in [-0.2, 0) is 0 Å². The van der Waals surface area contributed by atoms with Crippen LogP contribution in [0.5, 0.6) is 0 Å². The quantitative estimate of drug-likeness (QED) is 0.687. The molecular formula is C12H10N4O. The lowest BCUT2D eigenvalue weighted by molar-refractivity contribution is 0.0960. The molecule has 0 aliphatic carbocycles. The second-order valence-corrected chi connectivity index (χ2v) is 3.79. The van der Waals surface area contributed by atoms with Gasteiger partial charge in [-0.2, -0.15) is 0 Å². The molecule has 5 nitrogen and oxygen atoms in total. The smallest absolute Gasteiger partial charge is 0.281 e. The highest BCUT2D eigenvalue weighted by Crippen LogP contribution is 2.13. The molecular weight excluding hydrogens is 216 g/mol. The monoisotopic (exact) mass is 226 g/mol. The molecule has 0 fully saturated rings. The van der Waals surface area contributed by atoms with E-state index in [4.69, 9.17) is 0 Å². The van der Waals surface area contributed by atoms with E-state index in [1.54, 1.807) is 0 Å². The van der Waals surface area contributed by atoms with Gasteiger partial charge in [-0.1, -0.05) is 12.1 Å². The number of para-hydroxylation sites is 2. The fourth-order valence-corrected chi connectivity index (χ4v) is 1.78. The van der Waals surface area contributed by atoms with Crippen molar-refractivity contribution >= 4 is 16.9 Å². The molecule has 3 aromatic rings. The van der Waals surface area contributed by atoms with Crippen LogP contribution in [0.3, 0.4) is 0 Å². The van der Waals surface area contributed by atoms with Gasteiger partial charge in [-0.05, 0) is 19.1 Å². The fraction of sp³-hybridized carbons (Fsp3) is 0.0833. The first-order chi connectivity index (χ1) is 8.25. The lowest BCUT2D eigenvalue weighted by Gasteiger charge is -1.99. The van der Waals surface area contributed by atoms with Crippen LogP contribution in [0.15, 0.2) is 36.8 Å². The highest BCUT2D eigenvalue weighted by molar-refractivity contribution is 5.99. The number of aromatic amines is 1. The van der Waals surface area contributed by atoms with E-state index in [9.17, 15) is 4.79 Å². The van der Waals surface area contributed by atoms with Crippen LogP contribution in [0.4, 0.5) is 0 Å². The van der Waals surface area contributed by atoms with Crippen LogP contribution < -0.4 is 0 Å². The van der Waals surface area contributed by atoms with Crippen LogP contribution in [0.25, 0.3) is 11.0 Å². The number of fused-ring (bicyclic) bond motifs is 1. The Labute approximate surface area is 97.1 Å². The van der Waals surface area contributed by atoms with Gasteiger partial charge in [0.1, 0.15) is 17.8 Å². The molecule has 0 aliphatic heterocycles. The zero-order valence-electron chi connectivity index (χ0n) is 9.21. The second-order valence-electron chi connectivity index (χ2n) is 3.79. The minimum Gasteiger partial charge on any atom is -0.338 e. The molecule has 0 bridgehead atoms. The summed E-state index contributed by atoms with van der Waals surface area (Å²) in [4.78, 5) is 23.3. The van der Waals surface area contributed by atoms with Gasteiger partial charge in [-0.15, -0.1) is 0 Å². The SMILES string of the molecule is Cc1ncc(C(=O)n2cnc3ccccc32)[nH]1.